The summed E-state index contributed by atoms with van der Waals surface area (Å²) in [5.74, 6) is 0. The van der Waals surface area contributed by atoms with Crippen LogP contribution >= 0.6 is 0 Å². The van der Waals surface area contributed by atoms with Crippen molar-refractivity contribution in [1.82, 2.24) is 5.32 Å². The minimum atomic E-state index is 0.586. The average molecular weight is 171 g/mol. The molecule has 74 valence electrons. The highest BCUT2D eigenvalue weighted by Gasteiger charge is 2.25. The van der Waals surface area contributed by atoms with Crippen molar-refractivity contribution >= 4 is 0 Å². The highest BCUT2D eigenvalue weighted by Crippen LogP contribution is 2.35. The van der Waals surface area contributed by atoms with Gasteiger partial charge in [-0.05, 0) is 25.8 Å². The van der Waals surface area contributed by atoms with E-state index in [1.54, 1.807) is 0 Å². The SMILES string of the molecule is CCC(CC)(CC)CC(C)NC. The predicted molar refractivity (Wildman–Crippen MR) is 56.4 cm³/mol. The third-order valence-electron chi connectivity index (χ3n) is 3.48. The summed E-state index contributed by atoms with van der Waals surface area (Å²) < 4.78 is 0. The smallest absolute Gasteiger partial charge is 0.00410 e. The molecular formula is C11H25N. The molecule has 1 N–H and O–H groups in total. The van der Waals surface area contributed by atoms with Crippen molar-refractivity contribution in [2.75, 3.05) is 7.05 Å². The molecular weight excluding hydrogens is 146 g/mol. The Labute approximate surface area is 77.9 Å². The summed E-state index contributed by atoms with van der Waals surface area (Å²) in [7, 11) is 2.05. The summed E-state index contributed by atoms with van der Waals surface area (Å²) in [6, 6.07) is 0.657. The van der Waals surface area contributed by atoms with Gasteiger partial charge < -0.3 is 5.32 Å². The van der Waals surface area contributed by atoms with Crippen LogP contribution in [0.15, 0.2) is 0 Å². The summed E-state index contributed by atoms with van der Waals surface area (Å²) in [4.78, 5) is 0. The van der Waals surface area contributed by atoms with Gasteiger partial charge >= 0.3 is 0 Å². The topological polar surface area (TPSA) is 12.0 Å². The maximum absolute atomic E-state index is 3.32. The second-order valence-electron chi connectivity index (χ2n) is 3.95. The van der Waals surface area contributed by atoms with Crippen LogP contribution in [0.5, 0.6) is 0 Å². The van der Waals surface area contributed by atoms with Gasteiger partial charge in [0.25, 0.3) is 0 Å². The maximum atomic E-state index is 3.32. The van der Waals surface area contributed by atoms with Gasteiger partial charge in [-0.25, -0.2) is 0 Å². The van der Waals surface area contributed by atoms with Crippen LogP contribution in [0.4, 0.5) is 0 Å². The summed E-state index contributed by atoms with van der Waals surface area (Å²) in [6.45, 7) is 9.22. The predicted octanol–water partition coefficient (Wildman–Crippen LogP) is 3.20. The number of rotatable bonds is 6. The van der Waals surface area contributed by atoms with E-state index in [9.17, 15) is 0 Å². The van der Waals surface area contributed by atoms with E-state index in [4.69, 9.17) is 0 Å². The van der Waals surface area contributed by atoms with E-state index in [-0.39, 0.29) is 0 Å². The molecule has 0 radical (unpaired) electrons. The first kappa shape index (κ1) is 12.0. The van der Waals surface area contributed by atoms with E-state index >= 15 is 0 Å². The first-order valence-electron chi connectivity index (χ1n) is 5.31. The summed E-state index contributed by atoms with van der Waals surface area (Å²) >= 11 is 0. The van der Waals surface area contributed by atoms with Crippen molar-refractivity contribution in [2.45, 2.75) is 59.4 Å². The van der Waals surface area contributed by atoms with Crippen molar-refractivity contribution in [1.29, 1.82) is 0 Å². The Kier molecular flexibility index (Phi) is 5.56. The van der Waals surface area contributed by atoms with Crippen LogP contribution in [0, 0.1) is 5.41 Å². The van der Waals surface area contributed by atoms with Crippen molar-refractivity contribution < 1.29 is 0 Å². The van der Waals surface area contributed by atoms with E-state index < -0.39 is 0 Å². The van der Waals surface area contributed by atoms with Crippen LogP contribution in [-0.4, -0.2) is 13.1 Å². The molecule has 0 spiro atoms. The van der Waals surface area contributed by atoms with Crippen molar-refractivity contribution in [3.05, 3.63) is 0 Å². The summed E-state index contributed by atoms with van der Waals surface area (Å²) in [5.41, 5.74) is 0.586. The van der Waals surface area contributed by atoms with Gasteiger partial charge in [-0.2, -0.15) is 0 Å². The highest BCUT2D eigenvalue weighted by molar-refractivity contribution is 4.79. The van der Waals surface area contributed by atoms with Gasteiger partial charge in [-0.15, -0.1) is 0 Å². The van der Waals surface area contributed by atoms with E-state index in [0.717, 1.165) is 0 Å². The van der Waals surface area contributed by atoms with Crippen LogP contribution in [0.1, 0.15) is 53.4 Å². The quantitative estimate of drug-likeness (QED) is 0.647. The van der Waals surface area contributed by atoms with E-state index in [1.165, 1.54) is 25.7 Å². The van der Waals surface area contributed by atoms with Crippen LogP contribution in [-0.2, 0) is 0 Å². The molecule has 0 saturated heterocycles. The van der Waals surface area contributed by atoms with Crippen LogP contribution in [0.3, 0.4) is 0 Å². The van der Waals surface area contributed by atoms with Gasteiger partial charge in [-0.1, -0.05) is 40.0 Å². The molecule has 0 rings (SSSR count). The van der Waals surface area contributed by atoms with Crippen LogP contribution in [0.25, 0.3) is 0 Å². The summed E-state index contributed by atoms with van der Waals surface area (Å²) in [5, 5.41) is 3.32. The third-order valence-corrected chi connectivity index (χ3v) is 3.48. The normalized spacial score (nSPS) is 14.8. The lowest BCUT2D eigenvalue weighted by Gasteiger charge is -2.33. The zero-order valence-corrected chi connectivity index (χ0v) is 9.41. The molecule has 0 aliphatic rings. The zero-order chi connectivity index (χ0) is 9.61. The van der Waals surface area contributed by atoms with Gasteiger partial charge in [0.1, 0.15) is 0 Å². The summed E-state index contributed by atoms with van der Waals surface area (Å²) in [6.07, 6.45) is 5.25. The Morgan fingerprint density at radius 2 is 1.50 bits per heavy atom. The van der Waals surface area contributed by atoms with Crippen LogP contribution in [0.2, 0.25) is 0 Å². The molecule has 0 fully saturated rings. The monoisotopic (exact) mass is 171 g/mol. The molecule has 1 nitrogen and oxygen atoms in total. The minimum absolute atomic E-state index is 0.586. The Hall–Kier alpha value is -0.0400. The van der Waals surface area contributed by atoms with E-state index in [1.807, 2.05) is 0 Å². The largest absolute Gasteiger partial charge is 0.317 e. The molecule has 1 unspecified atom stereocenters. The standard InChI is InChI=1S/C11H25N/c1-6-11(7-2,8-3)9-10(4)12-5/h10,12H,6-9H2,1-5H3. The Morgan fingerprint density at radius 1 is 1.08 bits per heavy atom. The molecule has 0 aromatic carbocycles. The Morgan fingerprint density at radius 3 is 1.75 bits per heavy atom. The molecule has 0 saturated carbocycles. The second kappa shape index (κ2) is 5.58. The van der Waals surface area contributed by atoms with E-state index in [0.29, 0.717) is 11.5 Å². The molecule has 0 aliphatic carbocycles. The molecule has 1 heteroatoms. The molecule has 12 heavy (non-hydrogen) atoms. The van der Waals surface area contributed by atoms with Crippen molar-refractivity contribution in [3.63, 3.8) is 0 Å². The van der Waals surface area contributed by atoms with Gasteiger partial charge in [-0.3, -0.25) is 0 Å². The molecule has 0 bridgehead atoms. The van der Waals surface area contributed by atoms with Crippen molar-refractivity contribution in [2.24, 2.45) is 5.41 Å². The van der Waals surface area contributed by atoms with Gasteiger partial charge in [0.05, 0.1) is 0 Å². The maximum Gasteiger partial charge on any atom is 0.00410 e. The molecule has 0 aromatic heterocycles. The zero-order valence-electron chi connectivity index (χ0n) is 9.41. The molecule has 0 aliphatic heterocycles. The van der Waals surface area contributed by atoms with Gasteiger partial charge in [0, 0.05) is 6.04 Å². The number of hydrogen-bond acceptors (Lipinski definition) is 1. The van der Waals surface area contributed by atoms with E-state index in [2.05, 4.69) is 40.1 Å². The molecule has 0 amide bonds. The lowest BCUT2D eigenvalue weighted by Crippen LogP contribution is -2.30. The molecule has 0 aromatic rings. The Balaban J connectivity index is 4.09. The lowest BCUT2D eigenvalue weighted by atomic mass is 9.75. The van der Waals surface area contributed by atoms with Crippen LogP contribution < -0.4 is 5.32 Å². The number of nitrogens with one attached hydrogen (secondary N) is 1. The lowest BCUT2D eigenvalue weighted by molar-refractivity contribution is 0.205. The van der Waals surface area contributed by atoms with Gasteiger partial charge in [0.2, 0.25) is 0 Å². The average Bonchev–Trinajstić information content (AvgIpc) is 2.14. The molecule has 1 atom stereocenters. The highest BCUT2D eigenvalue weighted by atomic mass is 14.9. The Bertz CT molecular complexity index is 97.3. The molecule has 0 heterocycles. The third kappa shape index (κ3) is 3.14. The van der Waals surface area contributed by atoms with Crippen molar-refractivity contribution in [3.8, 4) is 0 Å². The fourth-order valence-corrected chi connectivity index (χ4v) is 1.93. The van der Waals surface area contributed by atoms with Gasteiger partial charge in [0.15, 0.2) is 0 Å². The fraction of sp³-hybridized carbons (Fsp3) is 1.00. The minimum Gasteiger partial charge on any atom is -0.317 e. The first-order chi connectivity index (χ1) is 5.64. The first-order valence-corrected chi connectivity index (χ1v) is 5.31. The second-order valence-corrected chi connectivity index (χ2v) is 3.95. The fourth-order valence-electron chi connectivity index (χ4n) is 1.93. The number of hydrogen-bond donors (Lipinski definition) is 1.